The van der Waals surface area contributed by atoms with Gasteiger partial charge in [0, 0.05) is 17.5 Å². The normalized spacial score (nSPS) is 15.8. The first-order valence-electron chi connectivity index (χ1n) is 4.90. The third-order valence-electron chi connectivity index (χ3n) is 2.36. The van der Waals surface area contributed by atoms with E-state index in [-0.39, 0.29) is 18.7 Å². The van der Waals surface area contributed by atoms with Gasteiger partial charge >= 0.3 is 0 Å². The number of aromatic nitrogens is 1. The average molecular weight is 214 g/mol. The molecule has 0 aliphatic rings. The number of aliphatic hydroxyl groups excluding tert-OH is 1. The van der Waals surface area contributed by atoms with Crippen LogP contribution in [0, 0.1) is 5.92 Å². The molecule has 2 N–H and O–H groups in total. The van der Waals surface area contributed by atoms with Gasteiger partial charge in [0.25, 0.3) is 0 Å². The predicted molar refractivity (Wildman–Crippen MR) is 59.4 cm³/mol. The van der Waals surface area contributed by atoms with Crippen molar-refractivity contribution < 1.29 is 5.11 Å². The van der Waals surface area contributed by atoms with Crippen LogP contribution in [0.25, 0.3) is 0 Å². The molecule has 14 heavy (non-hydrogen) atoms. The Hall–Kier alpha value is -0.450. The number of rotatable bonds is 5. The van der Waals surface area contributed by atoms with Crippen molar-refractivity contribution in [3.63, 3.8) is 0 Å². The van der Waals surface area contributed by atoms with Crippen LogP contribution in [0.4, 0.5) is 0 Å². The maximum absolute atomic E-state index is 9.16. The third-order valence-corrected chi connectivity index (χ3v) is 2.97. The van der Waals surface area contributed by atoms with Crippen LogP contribution in [0.3, 0.4) is 0 Å². The van der Waals surface area contributed by atoms with E-state index in [0.717, 1.165) is 5.69 Å². The molecule has 0 aliphatic heterocycles. The highest BCUT2D eigenvalue weighted by atomic mass is 32.1. The van der Waals surface area contributed by atoms with E-state index >= 15 is 0 Å². The van der Waals surface area contributed by atoms with Gasteiger partial charge in [0.1, 0.15) is 0 Å². The quantitative estimate of drug-likeness (QED) is 0.785. The summed E-state index contributed by atoms with van der Waals surface area (Å²) < 4.78 is 0. The zero-order valence-corrected chi connectivity index (χ0v) is 9.71. The van der Waals surface area contributed by atoms with Crippen LogP contribution >= 0.6 is 11.3 Å². The summed E-state index contributed by atoms with van der Waals surface area (Å²) in [5.74, 6) is 0.432. The van der Waals surface area contributed by atoms with Crippen molar-refractivity contribution in [2.75, 3.05) is 6.61 Å². The summed E-state index contributed by atoms with van der Waals surface area (Å²) in [6, 6.07) is 0.354. The fourth-order valence-electron chi connectivity index (χ4n) is 1.30. The van der Waals surface area contributed by atoms with E-state index in [4.69, 9.17) is 5.11 Å². The molecule has 0 radical (unpaired) electrons. The number of aliphatic hydroxyl groups is 1. The summed E-state index contributed by atoms with van der Waals surface area (Å²) in [7, 11) is 0. The van der Waals surface area contributed by atoms with Gasteiger partial charge in [0.05, 0.1) is 17.8 Å². The average Bonchev–Trinajstić information content (AvgIpc) is 2.65. The second-order valence-electron chi connectivity index (χ2n) is 3.83. The topological polar surface area (TPSA) is 45.1 Å². The molecule has 0 aliphatic carbocycles. The molecule has 0 bridgehead atoms. The van der Waals surface area contributed by atoms with Crippen molar-refractivity contribution in [2.24, 2.45) is 5.92 Å². The largest absolute Gasteiger partial charge is 0.395 e. The first-order valence-corrected chi connectivity index (χ1v) is 5.84. The van der Waals surface area contributed by atoms with E-state index in [9.17, 15) is 0 Å². The Balaban J connectivity index is 2.51. The molecule has 0 aromatic carbocycles. The molecule has 1 heterocycles. The molecular weight excluding hydrogens is 196 g/mol. The molecule has 0 amide bonds. The Morgan fingerprint density at radius 1 is 1.50 bits per heavy atom. The maximum atomic E-state index is 9.16. The Bertz CT molecular complexity index is 249. The molecule has 0 fully saturated rings. The predicted octanol–water partition coefficient (Wildman–Crippen LogP) is 1.81. The Kier molecular flexibility index (Phi) is 4.51. The lowest BCUT2D eigenvalue weighted by Crippen LogP contribution is -2.38. The second-order valence-corrected chi connectivity index (χ2v) is 4.55. The fourth-order valence-corrected chi connectivity index (χ4v) is 1.95. The number of nitrogens with zero attached hydrogens (tertiary/aromatic N) is 1. The highest BCUT2D eigenvalue weighted by Gasteiger charge is 2.16. The summed E-state index contributed by atoms with van der Waals surface area (Å²) in [4.78, 5) is 4.24. The van der Waals surface area contributed by atoms with E-state index in [0.29, 0.717) is 5.92 Å². The minimum Gasteiger partial charge on any atom is -0.395 e. The number of hydrogen-bond donors (Lipinski definition) is 2. The maximum Gasteiger partial charge on any atom is 0.0795 e. The lowest BCUT2D eigenvalue weighted by atomic mass is 10.0. The lowest BCUT2D eigenvalue weighted by Gasteiger charge is -2.23. The van der Waals surface area contributed by atoms with Crippen molar-refractivity contribution >= 4 is 11.3 Å². The van der Waals surface area contributed by atoms with Gasteiger partial charge < -0.3 is 10.4 Å². The minimum absolute atomic E-state index is 0.145. The van der Waals surface area contributed by atoms with Crippen LogP contribution in [-0.4, -0.2) is 22.7 Å². The van der Waals surface area contributed by atoms with Gasteiger partial charge in [-0.3, -0.25) is 0 Å². The molecule has 80 valence electrons. The fraction of sp³-hybridized carbons (Fsp3) is 0.700. The minimum atomic E-state index is 0.145. The van der Waals surface area contributed by atoms with Crippen molar-refractivity contribution in [2.45, 2.75) is 32.9 Å². The van der Waals surface area contributed by atoms with Gasteiger partial charge in [-0.15, -0.1) is 11.3 Å². The summed E-state index contributed by atoms with van der Waals surface area (Å²) in [5.41, 5.74) is 2.88. The SMILES string of the molecule is CC(NC(CO)C(C)C)c1cscn1. The van der Waals surface area contributed by atoms with Gasteiger partial charge in [-0.1, -0.05) is 13.8 Å². The van der Waals surface area contributed by atoms with Gasteiger partial charge in [0.2, 0.25) is 0 Å². The van der Waals surface area contributed by atoms with E-state index in [1.807, 2.05) is 10.9 Å². The van der Waals surface area contributed by atoms with Crippen molar-refractivity contribution in [1.82, 2.24) is 10.3 Å². The van der Waals surface area contributed by atoms with E-state index < -0.39 is 0 Å². The van der Waals surface area contributed by atoms with Crippen LogP contribution in [0.2, 0.25) is 0 Å². The third kappa shape index (κ3) is 3.04. The van der Waals surface area contributed by atoms with Gasteiger partial charge in [-0.05, 0) is 12.8 Å². The first-order chi connectivity index (χ1) is 6.65. The lowest BCUT2D eigenvalue weighted by molar-refractivity contribution is 0.201. The highest BCUT2D eigenvalue weighted by Crippen LogP contribution is 2.14. The summed E-state index contributed by atoms with van der Waals surface area (Å²) in [5, 5.41) is 14.6. The van der Waals surface area contributed by atoms with Gasteiger partial charge in [-0.25, -0.2) is 4.98 Å². The Morgan fingerprint density at radius 3 is 2.64 bits per heavy atom. The summed E-state index contributed by atoms with van der Waals surface area (Å²) in [6.07, 6.45) is 0. The molecule has 1 aromatic rings. The van der Waals surface area contributed by atoms with Crippen molar-refractivity contribution in [3.8, 4) is 0 Å². The van der Waals surface area contributed by atoms with Crippen LogP contribution in [-0.2, 0) is 0 Å². The van der Waals surface area contributed by atoms with Gasteiger partial charge in [-0.2, -0.15) is 0 Å². The summed E-state index contributed by atoms with van der Waals surface area (Å²) >= 11 is 1.60. The summed E-state index contributed by atoms with van der Waals surface area (Å²) in [6.45, 7) is 6.44. The van der Waals surface area contributed by atoms with E-state index in [2.05, 4.69) is 31.1 Å². The zero-order chi connectivity index (χ0) is 10.6. The Morgan fingerprint density at radius 2 is 2.21 bits per heavy atom. The number of hydrogen-bond acceptors (Lipinski definition) is 4. The van der Waals surface area contributed by atoms with Crippen LogP contribution in [0.1, 0.15) is 32.5 Å². The van der Waals surface area contributed by atoms with Crippen molar-refractivity contribution in [1.29, 1.82) is 0 Å². The molecule has 0 spiro atoms. The number of thiazole rings is 1. The molecule has 3 nitrogen and oxygen atoms in total. The molecule has 0 saturated heterocycles. The van der Waals surface area contributed by atoms with E-state index in [1.165, 1.54) is 0 Å². The smallest absolute Gasteiger partial charge is 0.0795 e. The van der Waals surface area contributed by atoms with Crippen LogP contribution in [0.5, 0.6) is 0 Å². The zero-order valence-electron chi connectivity index (χ0n) is 8.90. The van der Waals surface area contributed by atoms with Gasteiger partial charge in [0.15, 0.2) is 0 Å². The molecule has 0 saturated carbocycles. The van der Waals surface area contributed by atoms with E-state index in [1.54, 1.807) is 11.3 Å². The molecule has 4 heteroatoms. The van der Waals surface area contributed by atoms with Crippen LogP contribution in [0.15, 0.2) is 10.9 Å². The van der Waals surface area contributed by atoms with Crippen molar-refractivity contribution in [3.05, 3.63) is 16.6 Å². The molecule has 2 unspecified atom stereocenters. The monoisotopic (exact) mass is 214 g/mol. The standard InChI is InChI=1S/C10H18N2OS/c1-7(2)9(4-13)12-8(3)10-5-14-6-11-10/h5-9,12-13H,4H2,1-3H3. The number of nitrogens with one attached hydrogen (secondary N) is 1. The Labute approximate surface area is 89.2 Å². The molecular formula is C10H18N2OS. The van der Waals surface area contributed by atoms with Crippen LogP contribution < -0.4 is 5.32 Å². The molecule has 1 rings (SSSR count). The molecule has 2 atom stereocenters. The second kappa shape index (κ2) is 5.44. The molecule has 1 aromatic heterocycles. The highest BCUT2D eigenvalue weighted by molar-refractivity contribution is 7.07. The first kappa shape index (κ1) is 11.6.